The number of nitrogens with two attached hydrogens (primary N) is 1. The van der Waals surface area contributed by atoms with E-state index < -0.39 is 11.4 Å². The number of aromatic nitrogens is 4. The Morgan fingerprint density at radius 3 is 2.83 bits per heavy atom. The van der Waals surface area contributed by atoms with Crippen molar-refractivity contribution in [1.82, 2.24) is 19.9 Å². The second-order valence-corrected chi connectivity index (χ2v) is 5.55. The maximum atomic E-state index is 14.0. The number of H-pyrrole nitrogens is 1. The number of nitrogens with one attached hydrogen (secondary N) is 1. The summed E-state index contributed by atoms with van der Waals surface area (Å²) < 4.78 is 14.0. The molecule has 0 unspecified atom stereocenters. The Hall–Kier alpha value is -2.98. The van der Waals surface area contributed by atoms with Gasteiger partial charge in [-0.1, -0.05) is 5.92 Å². The predicted octanol–water partition coefficient (Wildman–Crippen LogP) is 1.86. The second-order valence-electron chi connectivity index (χ2n) is 5.55. The zero-order valence-corrected chi connectivity index (χ0v) is 12.6. The lowest BCUT2D eigenvalue weighted by Gasteiger charge is -2.05. The fourth-order valence-corrected chi connectivity index (χ4v) is 2.07. The molecule has 6 nitrogen and oxygen atoms in total. The van der Waals surface area contributed by atoms with E-state index in [1.54, 1.807) is 32.3 Å². The van der Waals surface area contributed by atoms with Crippen molar-refractivity contribution in [2.24, 2.45) is 0 Å². The third-order valence-electron chi connectivity index (χ3n) is 3.08. The molecule has 0 saturated heterocycles. The van der Waals surface area contributed by atoms with E-state index in [-0.39, 0.29) is 11.6 Å². The number of hydrogen-bond acceptors (Lipinski definition) is 5. The van der Waals surface area contributed by atoms with Crippen molar-refractivity contribution < 1.29 is 9.50 Å². The second kappa shape index (κ2) is 5.34. The minimum Gasteiger partial charge on any atom is -0.378 e. The zero-order chi connectivity index (χ0) is 16.6. The highest BCUT2D eigenvalue weighted by atomic mass is 19.1. The summed E-state index contributed by atoms with van der Waals surface area (Å²) in [5, 5.41) is 10.4. The van der Waals surface area contributed by atoms with E-state index in [9.17, 15) is 9.50 Å². The van der Waals surface area contributed by atoms with Gasteiger partial charge in [0.1, 0.15) is 17.0 Å². The van der Waals surface area contributed by atoms with Gasteiger partial charge in [-0.25, -0.2) is 19.3 Å². The molecule has 3 rings (SSSR count). The van der Waals surface area contributed by atoms with Crippen LogP contribution >= 0.6 is 0 Å². The largest absolute Gasteiger partial charge is 0.378 e. The fourth-order valence-electron chi connectivity index (χ4n) is 2.07. The van der Waals surface area contributed by atoms with Crippen LogP contribution in [0.5, 0.6) is 0 Å². The van der Waals surface area contributed by atoms with Gasteiger partial charge in [0.25, 0.3) is 0 Å². The van der Waals surface area contributed by atoms with Crippen molar-refractivity contribution in [3.8, 4) is 23.1 Å². The van der Waals surface area contributed by atoms with Crippen LogP contribution in [0.3, 0.4) is 0 Å². The first kappa shape index (κ1) is 14.9. The molecule has 4 N–H and O–H groups in total. The number of aromatic amines is 1. The van der Waals surface area contributed by atoms with Gasteiger partial charge in [0.2, 0.25) is 5.95 Å². The van der Waals surface area contributed by atoms with Gasteiger partial charge < -0.3 is 15.8 Å². The van der Waals surface area contributed by atoms with E-state index in [1.165, 1.54) is 0 Å². The van der Waals surface area contributed by atoms with Crippen LogP contribution in [0.2, 0.25) is 0 Å². The number of aliphatic hydroxyl groups is 1. The monoisotopic (exact) mass is 311 g/mol. The quantitative estimate of drug-likeness (QED) is 0.596. The number of fused-ring (bicyclic) bond motifs is 1. The molecule has 0 bridgehead atoms. The number of halogens is 1. The van der Waals surface area contributed by atoms with Crippen LogP contribution in [0.25, 0.3) is 22.2 Å². The molecule has 0 fully saturated rings. The van der Waals surface area contributed by atoms with Gasteiger partial charge in [0, 0.05) is 17.1 Å². The third-order valence-corrected chi connectivity index (χ3v) is 3.08. The summed E-state index contributed by atoms with van der Waals surface area (Å²) in [6.45, 7) is 3.17. The summed E-state index contributed by atoms with van der Waals surface area (Å²) in [5.41, 5.74) is 6.25. The number of nitrogen functional groups attached to an aromatic ring is 1. The topological polar surface area (TPSA) is 101 Å². The highest BCUT2D eigenvalue weighted by Gasteiger charge is 2.14. The van der Waals surface area contributed by atoms with Crippen LogP contribution in [-0.4, -0.2) is 30.6 Å². The first-order valence-corrected chi connectivity index (χ1v) is 6.84. The molecule has 0 aliphatic rings. The first-order valence-electron chi connectivity index (χ1n) is 6.84. The Balaban J connectivity index is 2.15. The molecule has 23 heavy (non-hydrogen) atoms. The maximum absolute atomic E-state index is 14.0. The highest BCUT2D eigenvalue weighted by Crippen LogP contribution is 2.29. The van der Waals surface area contributed by atoms with Crippen molar-refractivity contribution in [3.05, 3.63) is 36.2 Å². The summed E-state index contributed by atoms with van der Waals surface area (Å²) in [4.78, 5) is 14.8. The molecule has 0 aliphatic carbocycles. The van der Waals surface area contributed by atoms with E-state index in [2.05, 4.69) is 31.8 Å². The van der Waals surface area contributed by atoms with Crippen molar-refractivity contribution in [1.29, 1.82) is 0 Å². The van der Waals surface area contributed by atoms with Gasteiger partial charge in [0.15, 0.2) is 5.82 Å². The molecule has 3 aromatic heterocycles. The van der Waals surface area contributed by atoms with E-state index in [0.717, 1.165) is 6.20 Å². The minimum atomic E-state index is -1.12. The zero-order valence-electron chi connectivity index (χ0n) is 12.6. The third kappa shape index (κ3) is 3.12. The summed E-state index contributed by atoms with van der Waals surface area (Å²) in [7, 11) is 0. The first-order chi connectivity index (χ1) is 10.8. The van der Waals surface area contributed by atoms with E-state index in [0.29, 0.717) is 22.2 Å². The van der Waals surface area contributed by atoms with Crippen molar-refractivity contribution in [2.75, 3.05) is 5.73 Å². The van der Waals surface area contributed by atoms with Gasteiger partial charge >= 0.3 is 0 Å². The minimum absolute atomic E-state index is 0.00755. The van der Waals surface area contributed by atoms with Gasteiger partial charge in [-0.15, -0.1) is 0 Å². The molecule has 3 heterocycles. The number of rotatable bonds is 1. The number of nitrogens with zero attached hydrogens (tertiary/aromatic N) is 3. The lowest BCUT2D eigenvalue weighted by Crippen LogP contribution is -2.14. The Kier molecular flexibility index (Phi) is 3.47. The highest BCUT2D eigenvalue weighted by molar-refractivity contribution is 5.94. The molecule has 0 saturated carbocycles. The summed E-state index contributed by atoms with van der Waals surface area (Å²) in [5.74, 6) is 4.91. The van der Waals surface area contributed by atoms with Gasteiger partial charge in [-0.3, -0.25) is 0 Å². The number of hydrogen-bond donors (Lipinski definition) is 3. The molecule has 116 valence electrons. The molecule has 7 heteroatoms. The summed E-state index contributed by atoms with van der Waals surface area (Å²) >= 11 is 0. The van der Waals surface area contributed by atoms with Gasteiger partial charge in [0.05, 0.1) is 17.9 Å². The fraction of sp³-hybridized carbons (Fsp3) is 0.188. The Bertz CT molecular complexity index is 946. The number of pyridine rings is 1. The van der Waals surface area contributed by atoms with E-state index >= 15 is 0 Å². The van der Waals surface area contributed by atoms with Gasteiger partial charge in [-0.2, -0.15) is 0 Å². The van der Waals surface area contributed by atoms with Crippen LogP contribution in [0.15, 0.2) is 24.7 Å². The molecule has 0 amide bonds. The van der Waals surface area contributed by atoms with Crippen molar-refractivity contribution >= 4 is 16.9 Å². The molecule has 0 atom stereocenters. The van der Waals surface area contributed by atoms with Crippen LogP contribution in [-0.2, 0) is 0 Å². The SMILES string of the molecule is CC(C)(O)C#Cc1cc2c(-c3nc(N)ncc3F)c[nH]c2cn1. The molecule has 3 aromatic rings. The molecule has 0 spiro atoms. The predicted molar refractivity (Wildman–Crippen MR) is 84.7 cm³/mol. The summed E-state index contributed by atoms with van der Waals surface area (Å²) in [6, 6.07) is 1.71. The molecular weight excluding hydrogens is 297 g/mol. The lowest BCUT2D eigenvalue weighted by atomic mass is 10.1. The molecular formula is C16H14FN5O. The van der Waals surface area contributed by atoms with Gasteiger partial charge in [-0.05, 0) is 25.8 Å². The molecule has 0 aliphatic heterocycles. The van der Waals surface area contributed by atoms with E-state index in [4.69, 9.17) is 5.73 Å². The lowest BCUT2D eigenvalue weighted by molar-refractivity contribution is 0.143. The average molecular weight is 311 g/mol. The Morgan fingerprint density at radius 2 is 2.09 bits per heavy atom. The Labute approximate surface area is 131 Å². The maximum Gasteiger partial charge on any atom is 0.220 e. The van der Waals surface area contributed by atoms with Crippen LogP contribution in [0.1, 0.15) is 19.5 Å². The average Bonchev–Trinajstić information content (AvgIpc) is 2.90. The smallest absolute Gasteiger partial charge is 0.220 e. The number of anilines is 1. The van der Waals surface area contributed by atoms with E-state index in [1.807, 2.05) is 0 Å². The molecule has 0 radical (unpaired) electrons. The van der Waals surface area contributed by atoms with Crippen LogP contribution in [0.4, 0.5) is 10.3 Å². The standard InChI is InChI=1S/C16H14FN5O/c1-16(2,23)4-3-9-5-10-11(6-20-13(10)8-19-9)14-12(17)7-21-15(18)22-14/h5-8,20,23H,1-2H3,(H2,18,21,22). The summed E-state index contributed by atoms with van der Waals surface area (Å²) in [6.07, 6.45) is 4.26. The molecule has 0 aromatic carbocycles. The normalized spacial score (nSPS) is 11.3. The van der Waals surface area contributed by atoms with Crippen molar-refractivity contribution in [2.45, 2.75) is 19.4 Å². The Morgan fingerprint density at radius 1 is 1.30 bits per heavy atom. The van der Waals surface area contributed by atoms with Crippen molar-refractivity contribution in [3.63, 3.8) is 0 Å². The van der Waals surface area contributed by atoms with Crippen LogP contribution in [0, 0.1) is 17.7 Å². The van der Waals surface area contributed by atoms with Crippen LogP contribution < -0.4 is 5.73 Å².